The third-order valence-electron chi connectivity index (χ3n) is 3.11. The van der Waals surface area contributed by atoms with Crippen LogP contribution in [0.5, 0.6) is 0 Å². The van der Waals surface area contributed by atoms with Crippen molar-refractivity contribution in [3.05, 3.63) is 22.7 Å². The van der Waals surface area contributed by atoms with Gasteiger partial charge in [-0.3, -0.25) is 4.79 Å². The zero-order valence-electron chi connectivity index (χ0n) is 10.1. The van der Waals surface area contributed by atoms with E-state index >= 15 is 0 Å². The van der Waals surface area contributed by atoms with Crippen LogP contribution in [0.4, 0.5) is 0 Å². The van der Waals surface area contributed by atoms with E-state index in [9.17, 15) is 4.79 Å². The van der Waals surface area contributed by atoms with Gasteiger partial charge in [-0.2, -0.15) is 0 Å². The average molecular weight is 254 g/mol. The Bertz CT molecular complexity index is 416. The van der Waals surface area contributed by atoms with Crippen LogP contribution >= 0.6 is 11.6 Å². The second kappa shape index (κ2) is 5.00. The molecule has 1 aliphatic heterocycles. The fourth-order valence-corrected chi connectivity index (χ4v) is 2.50. The van der Waals surface area contributed by atoms with Crippen LogP contribution in [0, 0.1) is 6.92 Å². The van der Waals surface area contributed by atoms with E-state index in [2.05, 4.69) is 9.97 Å². The minimum atomic E-state index is 0.131. The van der Waals surface area contributed by atoms with Crippen molar-refractivity contribution in [2.75, 3.05) is 13.1 Å². The molecule has 1 amide bonds. The normalized spacial score (nSPS) is 20.4. The molecule has 0 N–H and O–H groups in total. The number of hydrogen-bond acceptors (Lipinski definition) is 3. The van der Waals surface area contributed by atoms with Gasteiger partial charge in [0.1, 0.15) is 11.0 Å². The molecule has 1 aromatic heterocycles. The minimum Gasteiger partial charge on any atom is -0.342 e. The molecular weight excluding hydrogens is 238 g/mol. The van der Waals surface area contributed by atoms with Crippen LogP contribution in [0.1, 0.15) is 37.2 Å². The minimum absolute atomic E-state index is 0.131. The molecular formula is C12H16ClN3O. The average Bonchev–Trinajstić information content (AvgIpc) is 2.28. The summed E-state index contributed by atoms with van der Waals surface area (Å²) in [7, 11) is 0. The topological polar surface area (TPSA) is 46.1 Å². The Morgan fingerprint density at radius 3 is 2.94 bits per heavy atom. The maximum Gasteiger partial charge on any atom is 0.219 e. The molecule has 17 heavy (non-hydrogen) atoms. The molecule has 4 nitrogen and oxygen atoms in total. The molecule has 1 saturated heterocycles. The third-order valence-corrected chi connectivity index (χ3v) is 3.31. The smallest absolute Gasteiger partial charge is 0.219 e. The Balaban J connectivity index is 2.18. The number of amides is 1. The number of piperidine rings is 1. The van der Waals surface area contributed by atoms with Crippen LogP contribution in [0.25, 0.3) is 0 Å². The van der Waals surface area contributed by atoms with Gasteiger partial charge >= 0.3 is 0 Å². The van der Waals surface area contributed by atoms with Crippen molar-refractivity contribution in [1.82, 2.24) is 14.9 Å². The zero-order valence-corrected chi connectivity index (χ0v) is 10.9. The number of likely N-dealkylation sites (tertiary alicyclic amines) is 1. The molecule has 1 atom stereocenters. The molecule has 0 aromatic carbocycles. The van der Waals surface area contributed by atoms with Crippen molar-refractivity contribution in [2.45, 2.75) is 32.6 Å². The fraction of sp³-hybridized carbons (Fsp3) is 0.583. The molecule has 2 rings (SSSR count). The Labute approximate surface area is 106 Å². The van der Waals surface area contributed by atoms with Gasteiger partial charge in [-0.25, -0.2) is 9.97 Å². The lowest BCUT2D eigenvalue weighted by molar-refractivity contribution is -0.130. The van der Waals surface area contributed by atoms with Gasteiger partial charge in [0.2, 0.25) is 5.91 Å². The largest absolute Gasteiger partial charge is 0.342 e. The SMILES string of the molecule is CC(=O)N1CCC[C@H](c2cc(Cl)nc(C)n2)C1. The number of aromatic nitrogens is 2. The number of rotatable bonds is 1. The quantitative estimate of drug-likeness (QED) is 0.721. The summed E-state index contributed by atoms with van der Waals surface area (Å²) in [5.74, 6) is 1.10. The van der Waals surface area contributed by atoms with E-state index in [1.807, 2.05) is 17.9 Å². The zero-order chi connectivity index (χ0) is 12.4. The van der Waals surface area contributed by atoms with Gasteiger partial charge in [0, 0.05) is 25.9 Å². The van der Waals surface area contributed by atoms with Gasteiger partial charge in [0.05, 0.1) is 5.69 Å². The first-order valence-electron chi connectivity index (χ1n) is 5.83. The number of aryl methyl sites for hydroxylation is 1. The van der Waals surface area contributed by atoms with E-state index in [1.165, 1.54) is 0 Å². The molecule has 0 saturated carbocycles. The van der Waals surface area contributed by atoms with E-state index in [0.717, 1.165) is 31.6 Å². The summed E-state index contributed by atoms with van der Waals surface area (Å²) >= 11 is 5.94. The van der Waals surface area contributed by atoms with Crippen LogP contribution in [-0.4, -0.2) is 33.9 Å². The van der Waals surface area contributed by atoms with Crippen molar-refractivity contribution in [1.29, 1.82) is 0 Å². The van der Waals surface area contributed by atoms with Crippen LogP contribution in [-0.2, 0) is 4.79 Å². The van der Waals surface area contributed by atoms with Crippen LogP contribution in [0.2, 0.25) is 5.15 Å². The molecule has 0 aliphatic carbocycles. The number of carbonyl (C=O) groups excluding carboxylic acids is 1. The third kappa shape index (κ3) is 2.94. The van der Waals surface area contributed by atoms with Crippen molar-refractivity contribution in [2.24, 2.45) is 0 Å². The fourth-order valence-electron chi connectivity index (χ4n) is 2.27. The predicted molar refractivity (Wildman–Crippen MR) is 66.0 cm³/mol. The summed E-state index contributed by atoms with van der Waals surface area (Å²) in [5, 5.41) is 0.479. The monoisotopic (exact) mass is 253 g/mol. The van der Waals surface area contributed by atoms with Crippen LogP contribution in [0.3, 0.4) is 0 Å². The van der Waals surface area contributed by atoms with E-state index in [4.69, 9.17) is 11.6 Å². The van der Waals surface area contributed by atoms with Crippen molar-refractivity contribution < 1.29 is 4.79 Å². The number of halogens is 1. The first-order chi connectivity index (χ1) is 8.06. The maximum absolute atomic E-state index is 11.4. The standard InChI is InChI=1S/C12H16ClN3O/c1-8-14-11(6-12(13)15-8)10-4-3-5-16(7-10)9(2)17/h6,10H,3-5,7H2,1-2H3/t10-/m0/s1. The van der Waals surface area contributed by atoms with Gasteiger partial charge in [-0.05, 0) is 25.8 Å². The Morgan fingerprint density at radius 2 is 2.29 bits per heavy atom. The second-order valence-corrected chi connectivity index (χ2v) is 4.85. The summed E-state index contributed by atoms with van der Waals surface area (Å²) in [6.45, 7) is 5.04. The van der Waals surface area contributed by atoms with Gasteiger partial charge in [-0.1, -0.05) is 11.6 Å². The maximum atomic E-state index is 11.4. The number of hydrogen-bond donors (Lipinski definition) is 0. The first-order valence-corrected chi connectivity index (χ1v) is 6.20. The van der Waals surface area contributed by atoms with Gasteiger partial charge in [0.25, 0.3) is 0 Å². The first kappa shape index (κ1) is 12.3. The van der Waals surface area contributed by atoms with Crippen LogP contribution < -0.4 is 0 Å². The molecule has 0 bridgehead atoms. The lowest BCUT2D eigenvalue weighted by Crippen LogP contribution is -2.37. The van der Waals surface area contributed by atoms with Gasteiger partial charge < -0.3 is 4.90 Å². The summed E-state index contributed by atoms with van der Waals surface area (Å²) in [4.78, 5) is 21.7. The predicted octanol–water partition coefficient (Wildman–Crippen LogP) is 2.16. The molecule has 0 spiro atoms. The molecule has 1 aromatic rings. The van der Waals surface area contributed by atoms with Crippen LogP contribution in [0.15, 0.2) is 6.07 Å². The van der Waals surface area contributed by atoms with Crippen molar-refractivity contribution >= 4 is 17.5 Å². The van der Waals surface area contributed by atoms with Crippen molar-refractivity contribution in [3.8, 4) is 0 Å². The Hall–Kier alpha value is -1.16. The Kier molecular flexibility index (Phi) is 3.62. The van der Waals surface area contributed by atoms with E-state index in [-0.39, 0.29) is 11.8 Å². The summed E-state index contributed by atoms with van der Waals surface area (Å²) < 4.78 is 0. The van der Waals surface area contributed by atoms with E-state index < -0.39 is 0 Å². The summed E-state index contributed by atoms with van der Waals surface area (Å²) in [6, 6.07) is 1.81. The molecule has 0 radical (unpaired) electrons. The lowest BCUT2D eigenvalue weighted by Gasteiger charge is -2.31. The van der Waals surface area contributed by atoms with E-state index in [1.54, 1.807) is 6.92 Å². The van der Waals surface area contributed by atoms with Gasteiger partial charge in [0.15, 0.2) is 0 Å². The molecule has 1 aliphatic rings. The summed E-state index contributed by atoms with van der Waals surface area (Å²) in [6.07, 6.45) is 2.07. The van der Waals surface area contributed by atoms with Gasteiger partial charge in [-0.15, -0.1) is 0 Å². The molecule has 5 heteroatoms. The highest BCUT2D eigenvalue weighted by Crippen LogP contribution is 2.26. The highest BCUT2D eigenvalue weighted by Gasteiger charge is 2.24. The highest BCUT2D eigenvalue weighted by atomic mass is 35.5. The molecule has 92 valence electrons. The van der Waals surface area contributed by atoms with E-state index in [0.29, 0.717) is 11.0 Å². The lowest BCUT2D eigenvalue weighted by atomic mass is 9.94. The summed E-state index contributed by atoms with van der Waals surface area (Å²) in [5.41, 5.74) is 0.952. The number of carbonyl (C=O) groups is 1. The molecule has 0 unspecified atom stereocenters. The second-order valence-electron chi connectivity index (χ2n) is 4.47. The highest BCUT2D eigenvalue weighted by molar-refractivity contribution is 6.29. The molecule has 2 heterocycles. The molecule has 1 fully saturated rings. The Morgan fingerprint density at radius 1 is 1.53 bits per heavy atom. The number of nitrogens with zero attached hydrogens (tertiary/aromatic N) is 3. The van der Waals surface area contributed by atoms with Crippen molar-refractivity contribution in [3.63, 3.8) is 0 Å².